The van der Waals surface area contributed by atoms with Crippen molar-refractivity contribution in [2.75, 3.05) is 6.54 Å². The number of phenolic OH excluding ortho intramolecular Hbond substituents is 2. The normalized spacial score (nSPS) is 17.9. The molecule has 0 bridgehead atoms. The summed E-state index contributed by atoms with van der Waals surface area (Å²) in [5, 5.41) is 21.8. The van der Waals surface area contributed by atoms with Crippen LogP contribution >= 0.6 is 0 Å². The minimum atomic E-state index is -4.33. The van der Waals surface area contributed by atoms with Gasteiger partial charge in [-0.25, -0.2) is 9.52 Å². The van der Waals surface area contributed by atoms with Gasteiger partial charge in [0, 0.05) is 0 Å². The van der Waals surface area contributed by atoms with Crippen LogP contribution in [0, 0.1) is 0 Å². The molecule has 1 saturated heterocycles. The fourth-order valence-corrected chi connectivity index (χ4v) is 2.20. The Morgan fingerprint density at radius 1 is 1.39 bits per heavy atom. The third-order valence-corrected chi connectivity index (χ3v) is 3.60. The van der Waals surface area contributed by atoms with Crippen molar-refractivity contribution in [3.05, 3.63) is 23.8 Å². The molecule has 1 heterocycles. The number of nitrogens with zero attached hydrogens (tertiary/aromatic N) is 2. The number of benzene rings is 1. The van der Waals surface area contributed by atoms with Gasteiger partial charge in [0.25, 0.3) is 0 Å². The lowest BCUT2D eigenvalue weighted by atomic mass is 10.1. The van der Waals surface area contributed by atoms with Crippen molar-refractivity contribution in [1.82, 2.24) is 14.5 Å². The van der Waals surface area contributed by atoms with E-state index in [9.17, 15) is 23.1 Å². The summed E-state index contributed by atoms with van der Waals surface area (Å²) in [6.45, 7) is -0.0732. The second-order valence-electron chi connectivity index (χ2n) is 4.56. The quantitative estimate of drug-likeness (QED) is 0.184. The number of hydrazone groups is 1. The van der Waals surface area contributed by atoms with Gasteiger partial charge < -0.3 is 15.9 Å². The summed E-state index contributed by atoms with van der Waals surface area (Å²) in [5.74, 6) is -1.43. The van der Waals surface area contributed by atoms with Crippen LogP contribution in [0.5, 0.6) is 11.5 Å². The number of β-lactam (4-membered cyclic amide) rings is 1. The Kier molecular flexibility index (Phi) is 4.38. The van der Waals surface area contributed by atoms with Gasteiger partial charge in [-0.2, -0.15) is 18.4 Å². The lowest BCUT2D eigenvalue weighted by Crippen LogP contribution is -2.65. The van der Waals surface area contributed by atoms with Crippen molar-refractivity contribution >= 4 is 28.4 Å². The van der Waals surface area contributed by atoms with Gasteiger partial charge in [0.2, 0.25) is 5.91 Å². The molecule has 1 aliphatic rings. The lowest BCUT2D eigenvalue weighted by molar-refractivity contribution is -0.137. The van der Waals surface area contributed by atoms with Gasteiger partial charge in [0.1, 0.15) is 6.04 Å². The summed E-state index contributed by atoms with van der Waals surface area (Å²) in [7, 11) is -4.33. The molecule has 1 fully saturated rings. The van der Waals surface area contributed by atoms with E-state index < -0.39 is 33.9 Å². The maximum atomic E-state index is 11.6. The molecule has 124 valence electrons. The van der Waals surface area contributed by atoms with Crippen LogP contribution in [0.2, 0.25) is 0 Å². The number of nitrogens with one attached hydrogen (secondary N) is 2. The predicted octanol–water partition coefficient (Wildman–Crippen LogP) is -1.85. The van der Waals surface area contributed by atoms with Crippen LogP contribution in [0.3, 0.4) is 0 Å². The Labute approximate surface area is 130 Å². The second-order valence-corrected chi connectivity index (χ2v) is 5.96. The number of phenols is 2. The van der Waals surface area contributed by atoms with E-state index in [1.165, 1.54) is 12.1 Å². The summed E-state index contributed by atoms with van der Waals surface area (Å²) >= 11 is 0. The molecule has 0 aliphatic carbocycles. The summed E-state index contributed by atoms with van der Waals surface area (Å²) in [6, 6.07) is 1.75. The number of rotatable bonds is 4. The van der Waals surface area contributed by atoms with Gasteiger partial charge in [-0.3, -0.25) is 9.69 Å². The third kappa shape index (κ3) is 3.87. The number of likely N-dealkylation sites (tertiary alicyclic amines) is 1. The van der Waals surface area contributed by atoms with Crippen molar-refractivity contribution in [1.29, 1.82) is 0 Å². The summed E-state index contributed by atoms with van der Waals surface area (Å²) in [5.41, 5.74) is 5.57. The predicted molar refractivity (Wildman–Crippen MR) is 77.6 cm³/mol. The highest BCUT2D eigenvalue weighted by Gasteiger charge is 2.39. The number of hydrogen-bond donors (Lipinski definition) is 5. The molecule has 1 atom stereocenters. The number of amides is 3. The summed E-state index contributed by atoms with van der Waals surface area (Å²) < 4.78 is 24.7. The van der Waals surface area contributed by atoms with Gasteiger partial charge in [-0.15, -0.1) is 0 Å². The van der Waals surface area contributed by atoms with Gasteiger partial charge in [-0.05, 0) is 23.8 Å². The monoisotopic (exact) mass is 343 g/mol. The smallest absolute Gasteiger partial charge is 0.340 e. The van der Waals surface area contributed by atoms with E-state index in [2.05, 4.69) is 5.10 Å². The molecule has 3 amide bonds. The highest BCUT2D eigenvalue weighted by atomic mass is 32.2. The fraction of sp³-hybridized carbons (Fsp3) is 0.182. The van der Waals surface area contributed by atoms with E-state index in [0.717, 1.165) is 12.3 Å². The first-order valence-electron chi connectivity index (χ1n) is 6.15. The molecule has 0 aromatic heterocycles. The molecule has 2 rings (SSSR count). The van der Waals surface area contributed by atoms with Crippen LogP contribution in [0.4, 0.5) is 4.79 Å². The summed E-state index contributed by atoms with van der Waals surface area (Å²) in [4.78, 5) is 25.1. The van der Waals surface area contributed by atoms with E-state index in [4.69, 9.17) is 10.8 Å². The largest absolute Gasteiger partial charge is 0.504 e. The van der Waals surface area contributed by atoms with E-state index >= 15 is 0 Å². The average molecular weight is 343 g/mol. The Balaban J connectivity index is 1.93. The van der Waals surface area contributed by atoms with Crippen LogP contribution in [0.1, 0.15) is 5.56 Å². The molecule has 1 aromatic rings. The van der Waals surface area contributed by atoms with E-state index in [1.807, 2.05) is 0 Å². The van der Waals surface area contributed by atoms with Crippen molar-refractivity contribution in [2.24, 2.45) is 10.8 Å². The Morgan fingerprint density at radius 2 is 2.09 bits per heavy atom. The number of aromatic hydroxyl groups is 2. The zero-order valence-corrected chi connectivity index (χ0v) is 12.3. The van der Waals surface area contributed by atoms with E-state index in [1.54, 1.807) is 9.55 Å². The topological polar surface area (TPSA) is 174 Å². The minimum absolute atomic E-state index is 0.0732. The van der Waals surface area contributed by atoms with Gasteiger partial charge in [-0.1, -0.05) is 0 Å². The SMILES string of the molecule is N[C@H]1CN(C(=O)NS(=O)(=O)NN=Cc2ccc(O)c(O)c2)C1=O. The van der Waals surface area contributed by atoms with Crippen LogP contribution in [-0.2, 0) is 15.0 Å². The van der Waals surface area contributed by atoms with Crippen LogP contribution < -0.4 is 15.3 Å². The maximum Gasteiger partial charge on any atom is 0.340 e. The fourth-order valence-electron chi connectivity index (χ4n) is 1.62. The third-order valence-electron chi connectivity index (χ3n) is 2.82. The number of imide groups is 1. The highest BCUT2D eigenvalue weighted by molar-refractivity contribution is 7.88. The molecule has 1 aromatic carbocycles. The summed E-state index contributed by atoms with van der Waals surface area (Å²) in [6.07, 6.45) is 1.04. The molecule has 11 nitrogen and oxygen atoms in total. The maximum absolute atomic E-state index is 11.6. The molecule has 1 aliphatic heterocycles. The number of urea groups is 1. The number of carbonyl (C=O) groups is 2. The zero-order chi connectivity index (χ0) is 17.2. The Hall–Kier alpha value is -2.86. The van der Waals surface area contributed by atoms with Crippen molar-refractivity contribution < 1.29 is 28.2 Å². The van der Waals surface area contributed by atoms with Gasteiger partial charge >= 0.3 is 16.2 Å². The first kappa shape index (κ1) is 16.5. The Bertz CT molecular complexity index is 777. The van der Waals surface area contributed by atoms with Crippen molar-refractivity contribution in [3.8, 4) is 11.5 Å². The van der Waals surface area contributed by atoms with Crippen LogP contribution in [0.15, 0.2) is 23.3 Å². The molecular weight excluding hydrogens is 330 g/mol. The van der Waals surface area contributed by atoms with E-state index in [-0.39, 0.29) is 12.3 Å². The average Bonchev–Trinajstić information content (AvgIpc) is 2.47. The molecular formula is C11H13N5O6S. The molecule has 23 heavy (non-hydrogen) atoms. The molecule has 6 N–H and O–H groups in total. The number of carbonyl (C=O) groups excluding carboxylic acids is 2. The molecule has 0 unspecified atom stereocenters. The van der Waals surface area contributed by atoms with Crippen LogP contribution in [0.25, 0.3) is 0 Å². The molecule has 0 radical (unpaired) electrons. The molecule has 12 heteroatoms. The first-order chi connectivity index (χ1) is 10.7. The Morgan fingerprint density at radius 3 is 2.65 bits per heavy atom. The molecule has 0 saturated carbocycles. The lowest BCUT2D eigenvalue weighted by Gasteiger charge is -2.33. The zero-order valence-electron chi connectivity index (χ0n) is 11.5. The first-order valence-corrected chi connectivity index (χ1v) is 7.63. The van der Waals surface area contributed by atoms with Gasteiger partial charge in [0.05, 0.1) is 12.8 Å². The number of nitrogens with two attached hydrogens (primary N) is 1. The van der Waals surface area contributed by atoms with Crippen LogP contribution in [-0.4, -0.2) is 54.3 Å². The standard InChI is InChI=1S/C11H13N5O6S/c12-7-5-16(10(7)19)11(20)14-23(21,22)15-13-4-6-1-2-8(17)9(18)3-6/h1-4,7,15,17-18H,5,12H2,(H,14,20)/t7-/m0/s1. The van der Waals surface area contributed by atoms with Gasteiger partial charge in [0.15, 0.2) is 11.5 Å². The van der Waals surface area contributed by atoms with Crippen molar-refractivity contribution in [2.45, 2.75) is 6.04 Å². The second kappa shape index (κ2) is 6.10. The minimum Gasteiger partial charge on any atom is -0.504 e. The molecule has 0 spiro atoms. The number of hydrogen-bond acceptors (Lipinski definition) is 8. The van der Waals surface area contributed by atoms with E-state index in [0.29, 0.717) is 10.5 Å². The van der Waals surface area contributed by atoms with Crippen molar-refractivity contribution in [3.63, 3.8) is 0 Å². The highest BCUT2D eigenvalue weighted by Crippen LogP contribution is 2.23.